The largest absolute Gasteiger partial charge is 0.380 e. The number of nitrogens with one attached hydrogen (secondary N) is 1. The van der Waals surface area contributed by atoms with Gasteiger partial charge in [0.2, 0.25) is 5.91 Å². The zero-order valence-corrected chi connectivity index (χ0v) is 6.64. The number of carbonyl (C=O) groups is 1. The topological polar surface area (TPSA) is 38.3 Å². The molecule has 0 aliphatic heterocycles. The van der Waals surface area contributed by atoms with E-state index in [9.17, 15) is 4.79 Å². The predicted octanol–water partition coefficient (Wildman–Crippen LogP) is 0.549. The fourth-order valence-electron chi connectivity index (χ4n) is 0.532. The molecule has 0 spiro atoms. The molecule has 0 saturated heterocycles. The second kappa shape index (κ2) is 6.55. The summed E-state index contributed by atoms with van der Waals surface area (Å²) >= 11 is 0. The molecule has 0 fully saturated rings. The first-order valence-corrected chi connectivity index (χ1v) is 3.65. The van der Waals surface area contributed by atoms with Crippen LogP contribution in [-0.4, -0.2) is 25.7 Å². The van der Waals surface area contributed by atoms with Gasteiger partial charge in [-0.2, -0.15) is 0 Å². The third-order valence-electron chi connectivity index (χ3n) is 1.09. The van der Waals surface area contributed by atoms with E-state index in [-0.39, 0.29) is 5.91 Å². The molecule has 0 aromatic heterocycles. The lowest BCUT2D eigenvalue weighted by atomic mass is 10.4. The smallest absolute Gasteiger partial charge is 0.219 e. The van der Waals surface area contributed by atoms with E-state index in [2.05, 4.69) is 5.32 Å². The van der Waals surface area contributed by atoms with Gasteiger partial charge in [0.15, 0.2) is 0 Å². The van der Waals surface area contributed by atoms with Crippen molar-refractivity contribution in [3.8, 4) is 0 Å². The van der Waals surface area contributed by atoms with Gasteiger partial charge < -0.3 is 10.1 Å². The maximum absolute atomic E-state index is 10.6. The number of ether oxygens (including phenoxy) is 1. The molecule has 0 heterocycles. The van der Waals surface area contributed by atoms with Crippen LogP contribution in [0.5, 0.6) is 0 Å². The summed E-state index contributed by atoms with van der Waals surface area (Å²) < 4.78 is 5.01. The highest BCUT2D eigenvalue weighted by atomic mass is 16.5. The second-order valence-corrected chi connectivity index (χ2v) is 1.90. The highest BCUT2D eigenvalue weighted by molar-refractivity contribution is 5.75. The van der Waals surface area contributed by atoms with Gasteiger partial charge in [-0.15, -0.1) is 0 Å². The molecule has 60 valence electrons. The highest BCUT2D eigenvalue weighted by Gasteiger charge is 1.92. The molecule has 3 nitrogen and oxygen atoms in total. The molecule has 1 amide bonds. The van der Waals surface area contributed by atoms with Crippen LogP contribution in [-0.2, 0) is 9.53 Å². The van der Waals surface area contributed by atoms with E-state index in [0.717, 1.165) is 0 Å². The lowest BCUT2D eigenvalue weighted by Crippen LogP contribution is -2.26. The number of amides is 1. The van der Waals surface area contributed by atoms with E-state index < -0.39 is 0 Å². The Morgan fingerprint density at radius 3 is 2.70 bits per heavy atom. The van der Waals surface area contributed by atoms with Crippen LogP contribution in [0.25, 0.3) is 0 Å². The lowest BCUT2D eigenvalue weighted by Gasteiger charge is -2.02. The van der Waals surface area contributed by atoms with Gasteiger partial charge in [0, 0.05) is 19.6 Å². The maximum Gasteiger partial charge on any atom is 0.219 e. The Kier molecular flexibility index (Phi) is 6.18. The van der Waals surface area contributed by atoms with E-state index >= 15 is 0 Å². The minimum atomic E-state index is 0.0831. The van der Waals surface area contributed by atoms with Crippen LogP contribution >= 0.6 is 0 Å². The standard InChI is InChI=1S/C7H15NO2/c1-3-7(9)8-5-6-10-4-2/h3-6H2,1-2H3,(H,8,9). The SMILES string of the molecule is CCOCCNC(=O)CC. The van der Waals surface area contributed by atoms with E-state index in [4.69, 9.17) is 4.74 Å². The first-order chi connectivity index (χ1) is 4.81. The number of hydrogen-bond donors (Lipinski definition) is 1. The zero-order chi connectivity index (χ0) is 7.82. The van der Waals surface area contributed by atoms with Crippen molar-refractivity contribution in [3.63, 3.8) is 0 Å². The van der Waals surface area contributed by atoms with Crippen LogP contribution in [0.2, 0.25) is 0 Å². The van der Waals surface area contributed by atoms with Crippen molar-refractivity contribution >= 4 is 5.91 Å². The van der Waals surface area contributed by atoms with Gasteiger partial charge in [-0.25, -0.2) is 0 Å². The zero-order valence-electron chi connectivity index (χ0n) is 6.64. The minimum Gasteiger partial charge on any atom is -0.380 e. The summed E-state index contributed by atoms with van der Waals surface area (Å²) in [5.41, 5.74) is 0. The van der Waals surface area contributed by atoms with Crippen molar-refractivity contribution in [2.75, 3.05) is 19.8 Å². The molecule has 0 unspecified atom stereocenters. The summed E-state index contributed by atoms with van der Waals surface area (Å²) in [4.78, 5) is 10.6. The van der Waals surface area contributed by atoms with Crippen LogP contribution in [0, 0.1) is 0 Å². The Bertz CT molecular complexity index is 93.6. The Morgan fingerprint density at radius 1 is 1.50 bits per heavy atom. The van der Waals surface area contributed by atoms with E-state index in [1.165, 1.54) is 0 Å². The average molecular weight is 145 g/mol. The van der Waals surface area contributed by atoms with Gasteiger partial charge in [0.05, 0.1) is 6.61 Å². The Labute approximate surface area is 61.8 Å². The normalized spacial score (nSPS) is 9.40. The molecule has 0 aliphatic carbocycles. The maximum atomic E-state index is 10.6. The van der Waals surface area contributed by atoms with Gasteiger partial charge in [0.25, 0.3) is 0 Å². The van der Waals surface area contributed by atoms with Crippen molar-refractivity contribution < 1.29 is 9.53 Å². The first kappa shape index (κ1) is 9.43. The molecule has 3 heteroatoms. The summed E-state index contributed by atoms with van der Waals surface area (Å²) in [6.45, 7) is 5.71. The fraction of sp³-hybridized carbons (Fsp3) is 0.857. The quantitative estimate of drug-likeness (QED) is 0.574. The monoisotopic (exact) mass is 145 g/mol. The van der Waals surface area contributed by atoms with Gasteiger partial charge in [-0.05, 0) is 6.92 Å². The molecule has 0 bridgehead atoms. The minimum absolute atomic E-state index is 0.0831. The molecule has 0 rings (SSSR count). The third-order valence-corrected chi connectivity index (χ3v) is 1.09. The molecular formula is C7H15NO2. The van der Waals surface area contributed by atoms with Crippen LogP contribution < -0.4 is 5.32 Å². The second-order valence-electron chi connectivity index (χ2n) is 1.90. The number of rotatable bonds is 5. The van der Waals surface area contributed by atoms with E-state index in [1.54, 1.807) is 0 Å². The molecular weight excluding hydrogens is 130 g/mol. The van der Waals surface area contributed by atoms with Gasteiger partial charge in [0.1, 0.15) is 0 Å². The Balaban J connectivity index is 2.96. The van der Waals surface area contributed by atoms with Gasteiger partial charge in [-0.3, -0.25) is 4.79 Å². The molecule has 10 heavy (non-hydrogen) atoms. The van der Waals surface area contributed by atoms with Crippen molar-refractivity contribution in [2.45, 2.75) is 20.3 Å². The average Bonchev–Trinajstić information content (AvgIpc) is 1.98. The molecule has 1 N–H and O–H groups in total. The molecule has 0 aliphatic rings. The molecule has 0 aromatic rings. The Hall–Kier alpha value is -0.570. The summed E-state index contributed by atoms with van der Waals surface area (Å²) in [7, 11) is 0. The van der Waals surface area contributed by atoms with E-state index in [1.807, 2.05) is 13.8 Å². The van der Waals surface area contributed by atoms with Gasteiger partial charge in [-0.1, -0.05) is 6.92 Å². The van der Waals surface area contributed by atoms with Crippen LogP contribution in [0.3, 0.4) is 0 Å². The van der Waals surface area contributed by atoms with Crippen LogP contribution in [0.1, 0.15) is 20.3 Å². The van der Waals surface area contributed by atoms with Crippen molar-refractivity contribution in [1.29, 1.82) is 0 Å². The summed E-state index contributed by atoms with van der Waals surface area (Å²) in [6.07, 6.45) is 0.548. The summed E-state index contributed by atoms with van der Waals surface area (Å²) in [6, 6.07) is 0. The highest BCUT2D eigenvalue weighted by Crippen LogP contribution is 1.75. The van der Waals surface area contributed by atoms with Crippen LogP contribution in [0.4, 0.5) is 0 Å². The summed E-state index contributed by atoms with van der Waals surface area (Å²) in [5, 5.41) is 2.70. The third kappa shape index (κ3) is 5.56. The molecule has 0 saturated carbocycles. The Morgan fingerprint density at radius 2 is 2.20 bits per heavy atom. The van der Waals surface area contributed by atoms with Crippen molar-refractivity contribution in [2.24, 2.45) is 0 Å². The van der Waals surface area contributed by atoms with Crippen molar-refractivity contribution in [1.82, 2.24) is 5.32 Å². The summed E-state index contributed by atoms with van der Waals surface area (Å²) in [5.74, 6) is 0.0831. The fourth-order valence-corrected chi connectivity index (χ4v) is 0.532. The van der Waals surface area contributed by atoms with Gasteiger partial charge >= 0.3 is 0 Å². The lowest BCUT2D eigenvalue weighted by molar-refractivity contribution is -0.121. The predicted molar refractivity (Wildman–Crippen MR) is 39.8 cm³/mol. The molecule has 0 aromatic carbocycles. The number of hydrogen-bond acceptors (Lipinski definition) is 2. The first-order valence-electron chi connectivity index (χ1n) is 3.65. The van der Waals surface area contributed by atoms with Crippen molar-refractivity contribution in [3.05, 3.63) is 0 Å². The molecule has 0 radical (unpaired) electrons. The number of carbonyl (C=O) groups excluding carboxylic acids is 1. The van der Waals surface area contributed by atoms with Crippen LogP contribution in [0.15, 0.2) is 0 Å². The van der Waals surface area contributed by atoms with E-state index in [0.29, 0.717) is 26.2 Å². The molecule has 0 atom stereocenters.